The lowest BCUT2D eigenvalue weighted by molar-refractivity contribution is 0.282. The molecule has 3 rings (SSSR count). The molecule has 0 spiro atoms. The second kappa shape index (κ2) is 7.38. The molecule has 0 saturated carbocycles. The van der Waals surface area contributed by atoms with E-state index in [9.17, 15) is 13.5 Å². The minimum absolute atomic E-state index is 0.00145. The summed E-state index contributed by atoms with van der Waals surface area (Å²) in [7, 11) is -3.42. The van der Waals surface area contributed by atoms with Crippen molar-refractivity contribution in [2.24, 2.45) is 0 Å². The number of hydrogen-bond acceptors (Lipinski definition) is 5. The molecule has 0 aliphatic heterocycles. The van der Waals surface area contributed by atoms with Crippen LogP contribution in [0.15, 0.2) is 35.1 Å². The van der Waals surface area contributed by atoms with Crippen molar-refractivity contribution < 1.29 is 17.9 Å². The Morgan fingerprint density at radius 2 is 2.11 bits per heavy atom. The SMILES string of the molecule is CC(n1cnc2c(F)c(Nc3ccc(Br)cc3Cl)c(CO)cc21)S(C)(=O)=O. The highest BCUT2D eigenvalue weighted by Gasteiger charge is 2.23. The van der Waals surface area contributed by atoms with Crippen LogP contribution in [0.1, 0.15) is 17.9 Å². The van der Waals surface area contributed by atoms with Gasteiger partial charge in [0.2, 0.25) is 0 Å². The van der Waals surface area contributed by atoms with E-state index >= 15 is 4.39 Å². The number of imidazole rings is 1. The topological polar surface area (TPSA) is 84.2 Å². The molecule has 0 aliphatic carbocycles. The van der Waals surface area contributed by atoms with Crippen LogP contribution in [0.3, 0.4) is 0 Å². The smallest absolute Gasteiger partial charge is 0.174 e. The minimum atomic E-state index is -3.42. The van der Waals surface area contributed by atoms with Crippen molar-refractivity contribution in [2.45, 2.75) is 18.9 Å². The number of hydrogen-bond donors (Lipinski definition) is 2. The van der Waals surface area contributed by atoms with Crippen LogP contribution in [0, 0.1) is 5.82 Å². The summed E-state index contributed by atoms with van der Waals surface area (Å²) in [5.41, 5.74) is 1.02. The van der Waals surface area contributed by atoms with Crippen molar-refractivity contribution in [3.8, 4) is 0 Å². The molecule has 2 aromatic carbocycles. The average molecular weight is 477 g/mol. The van der Waals surface area contributed by atoms with E-state index in [2.05, 4.69) is 26.2 Å². The van der Waals surface area contributed by atoms with E-state index in [1.54, 1.807) is 18.2 Å². The van der Waals surface area contributed by atoms with Crippen LogP contribution in [0.5, 0.6) is 0 Å². The monoisotopic (exact) mass is 475 g/mol. The van der Waals surface area contributed by atoms with Gasteiger partial charge in [-0.05, 0) is 31.2 Å². The van der Waals surface area contributed by atoms with Gasteiger partial charge in [-0.1, -0.05) is 27.5 Å². The van der Waals surface area contributed by atoms with Gasteiger partial charge in [-0.2, -0.15) is 0 Å². The molecule has 0 radical (unpaired) electrons. The lowest BCUT2D eigenvalue weighted by Crippen LogP contribution is -2.14. The average Bonchev–Trinajstić information content (AvgIpc) is 3.01. The van der Waals surface area contributed by atoms with E-state index in [4.69, 9.17) is 11.6 Å². The third-order valence-electron chi connectivity index (χ3n) is 4.26. The maximum absolute atomic E-state index is 15.1. The second-order valence-electron chi connectivity index (χ2n) is 6.08. The first-order valence-electron chi connectivity index (χ1n) is 7.83. The molecule has 0 saturated heterocycles. The van der Waals surface area contributed by atoms with Crippen LogP contribution in [0.2, 0.25) is 5.02 Å². The Morgan fingerprint density at radius 3 is 2.70 bits per heavy atom. The Morgan fingerprint density at radius 1 is 1.41 bits per heavy atom. The first-order valence-corrected chi connectivity index (χ1v) is 11.0. The predicted molar refractivity (Wildman–Crippen MR) is 108 cm³/mol. The fourth-order valence-electron chi connectivity index (χ4n) is 2.66. The number of aliphatic hydroxyl groups is 1. The van der Waals surface area contributed by atoms with E-state index in [1.165, 1.54) is 23.9 Å². The molecule has 1 unspecified atom stereocenters. The largest absolute Gasteiger partial charge is 0.392 e. The summed E-state index contributed by atoms with van der Waals surface area (Å²) in [6.45, 7) is 1.03. The summed E-state index contributed by atoms with van der Waals surface area (Å²) in [6, 6.07) is 6.58. The number of rotatable bonds is 5. The molecule has 1 heterocycles. The van der Waals surface area contributed by atoms with Crippen molar-refractivity contribution in [1.29, 1.82) is 0 Å². The summed E-state index contributed by atoms with van der Waals surface area (Å²) in [4.78, 5) is 4.03. The summed E-state index contributed by atoms with van der Waals surface area (Å²) in [5, 5.41) is 12.1. The first-order chi connectivity index (χ1) is 12.6. The first kappa shape index (κ1) is 20.1. The predicted octanol–water partition coefficient (Wildman–Crippen LogP) is 4.39. The molecule has 10 heteroatoms. The molecule has 6 nitrogen and oxygen atoms in total. The van der Waals surface area contributed by atoms with Crippen molar-refractivity contribution in [2.75, 3.05) is 11.6 Å². The standard InChI is InChI=1S/C17H16BrClFN3O3S/c1-9(27(2,25)26)23-8-21-17-14(23)5-10(7-24)16(15(17)20)22-13-4-3-11(18)6-12(13)19/h3-6,8-9,22,24H,7H2,1-2H3. The molecule has 0 bridgehead atoms. The Balaban J connectivity index is 2.16. The van der Waals surface area contributed by atoms with Gasteiger partial charge < -0.3 is 15.0 Å². The minimum Gasteiger partial charge on any atom is -0.392 e. The Labute approximate surface area is 169 Å². The summed E-state index contributed by atoms with van der Waals surface area (Å²) >= 11 is 9.48. The molecule has 0 aliphatic rings. The lowest BCUT2D eigenvalue weighted by atomic mass is 10.1. The van der Waals surface area contributed by atoms with Gasteiger partial charge in [-0.15, -0.1) is 0 Å². The van der Waals surface area contributed by atoms with Crippen LogP contribution in [0.25, 0.3) is 11.0 Å². The maximum Gasteiger partial charge on any atom is 0.174 e. The number of aliphatic hydroxyl groups excluding tert-OH is 1. The van der Waals surface area contributed by atoms with Gasteiger partial charge in [0, 0.05) is 16.3 Å². The van der Waals surface area contributed by atoms with E-state index in [0.29, 0.717) is 10.7 Å². The highest BCUT2D eigenvalue weighted by molar-refractivity contribution is 9.10. The van der Waals surface area contributed by atoms with Crippen LogP contribution in [0.4, 0.5) is 15.8 Å². The van der Waals surface area contributed by atoms with Gasteiger partial charge in [0.05, 0.1) is 34.8 Å². The van der Waals surface area contributed by atoms with Crippen molar-refractivity contribution >= 4 is 59.8 Å². The lowest BCUT2D eigenvalue weighted by Gasteiger charge is -2.16. The zero-order chi connectivity index (χ0) is 19.9. The molecule has 3 aromatic rings. The molecule has 144 valence electrons. The number of nitrogens with zero attached hydrogens (tertiary/aromatic N) is 2. The molecule has 1 aromatic heterocycles. The number of anilines is 2. The van der Waals surface area contributed by atoms with Gasteiger partial charge >= 0.3 is 0 Å². The Bertz CT molecular complexity index is 1130. The number of nitrogens with one attached hydrogen (secondary N) is 1. The zero-order valence-electron chi connectivity index (χ0n) is 14.4. The molecular formula is C17H16BrClFN3O3S. The fourth-order valence-corrected chi connectivity index (χ4v) is 3.96. The van der Waals surface area contributed by atoms with Crippen molar-refractivity contribution in [3.05, 3.63) is 51.5 Å². The van der Waals surface area contributed by atoms with Crippen LogP contribution in [-0.2, 0) is 16.4 Å². The van der Waals surface area contributed by atoms with Gasteiger partial charge in [-0.25, -0.2) is 17.8 Å². The van der Waals surface area contributed by atoms with Crippen molar-refractivity contribution in [3.63, 3.8) is 0 Å². The molecule has 0 amide bonds. The Kier molecular flexibility index (Phi) is 5.49. The number of aromatic nitrogens is 2. The summed E-state index contributed by atoms with van der Waals surface area (Å²) < 4.78 is 41.0. The molecular weight excluding hydrogens is 461 g/mol. The third-order valence-corrected chi connectivity index (χ3v) is 6.54. The van der Waals surface area contributed by atoms with Gasteiger partial charge in [0.1, 0.15) is 10.9 Å². The molecule has 1 atom stereocenters. The van der Waals surface area contributed by atoms with Gasteiger partial charge in [-0.3, -0.25) is 0 Å². The number of halogens is 3. The zero-order valence-corrected chi connectivity index (χ0v) is 17.5. The van der Waals surface area contributed by atoms with Crippen LogP contribution >= 0.6 is 27.5 Å². The molecule has 0 fully saturated rings. The number of benzene rings is 2. The quantitative estimate of drug-likeness (QED) is 0.570. The Hall–Kier alpha value is -1.68. The fraction of sp³-hybridized carbons (Fsp3) is 0.235. The summed E-state index contributed by atoms with van der Waals surface area (Å²) in [6.07, 6.45) is 2.37. The highest BCUT2D eigenvalue weighted by atomic mass is 79.9. The van der Waals surface area contributed by atoms with E-state index in [-0.39, 0.29) is 22.3 Å². The molecule has 2 N–H and O–H groups in total. The highest BCUT2D eigenvalue weighted by Crippen LogP contribution is 2.35. The van der Waals surface area contributed by atoms with Crippen LogP contribution < -0.4 is 5.32 Å². The number of fused-ring (bicyclic) bond motifs is 1. The normalized spacial score (nSPS) is 13.1. The summed E-state index contributed by atoms with van der Waals surface area (Å²) in [5.74, 6) is -0.699. The maximum atomic E-state index is 15.1. The van der Waals surface area contributed by atoms with Crippen molar-refractivity contribution in [1.82, 2.24) is 9.55 Å². The van der Waals surface area contributed by atoms with Gasteiger partial charge in [0.15, 0.2) is 15.7 Å². The van der Waals surface area contributed by atoms with E-state index < -0.39 is 27.6 Å². The van der Waals surface area contributed by atoms with Gasteiger partial charge in [0.25, 0.3) is 0 Å². The number of sulfone groups is 1. The second-order valence-corrected chi connectivity index (χ2v) is 9.74. The third kappa shape index (κ3) is 3.82. The molecule has 27 heavy (non-hydrogen) atoms. The van der Waals surface area contributed by atoms with Crippen LogP contribution in [-0.4, -0.2) is 29.3 Å². The van der Waals surface area contributed by atoms with E-state index in [0.717, 1.165) is 10.7 Å². The van der Waals surface area contributed by atoms with E-state index in [1.807, 2.05) is 0 Å².